The highest BCUT2D eigenvalue weighted by atomic mass is 16.6. The van der Waals surface area contributed by atoms with Crippen LogP contribution in [-0.2, 0) is 4.74 Å². The molecule has 142 valence electrons. The zero-order valence-corrected chi connectivity index (χ0v) is 15.2. The lowest BCUT2D eigenvalue weighted by molar-refractivity contribution is -0.384. The summed E-state index contributed by atoms with van der Waals surface area (Å²) in [4.78, 5) is 49.3. The summed E-state index contributed by atoms with van der Waals surface area (Å²) in [5, 5.41) is 10.9. The molecule has 1 heterocycles. The van der Waals surface area contributed by atoms with Crippen LogP contribution in [0.2, 0.25) is 0 Å². The van der Waals surface area contributed by atoms with Crippen LogP contribution in [0.3, 0.4) is 0 Å². The second-order valence-electron chi connectivity index (χ2n) is 5.82. The molecule has 0 unspecified atom stereocenters. The van der Waals surface area contributed by atoms with Crippen LogP contribution in [0.1, 0.15) is 49.4 Å². The molecule has 0 fully saturated rings. The number of nitrogens with zero attached hydrogens (tertiary/aromatic N) is 1. The van der Waals surface area contributed by atoms with Gasteiger partial charge in [-0.1, -0.05) is 0 Å². The fraction of sp³-hybridized carbons (Fsp3) is 0.278. The van der Waals surface area contributed by atoms with Gasteiger partial charge in [-0.25, -0.2) is 4.79 Å². The molecule has 0 saturated heterocycles. The number of nitro groups is 1. The minimum Gasteiger partial charge on any atom is -0.496 e. The molecule has 0 spiro atoms. The van der Waals surface area contributed by atoms with Crippen molar-refractivity contribution in [2.45, 2.75) is 20.8 Å². The van der Waals surface area contributed by atoms with Crippen molar-refractivity contribution < 1.29 is 28.8 Å². The van der Waals surface area contributed by atoms with E-state index in [9.17, 15) is 24.5 Å². The molecule has 0 aliphatic rings. The van der Waals surface area contributed by atoms with Crippen LogP contribution in [0.5, 0.6) is 5.75 Å². The van der Waals surface area contributed by atoms with E-state index in [1.807, 2.05) is 0 Å². The first-order valence-electron chi connectivity index (χ1n) is 7.90. The summed E-state index contributed by atoms with van der Waals surface area (Å²) in [6, 6.07) is 3.48. The molecule has 0 aliphatic heterocycles. The molecule has 0 radical (unpaired) electrons. The minimum absolute atomic E-state index is 0.0869. The number of rotatable bonds is 7. The zero-order chi connectivity index (χ0) is 20.3. The Balaban J connectivity index is 2.20. The van der Waals surface area contributed by atoms with Crippen molar-refractivity contribution in [1.29, 1.82) is 0 Å². The number of benzene rings is 1. The predicted molar refractivity (Wildman–Crippen MR) is 94.5 cm³/mol. The van der Waals surface area contributed by atoms with Gasteiger partial charge in [0.2, 0.25) is 5.78 Å². The molecule has 9 nitrogen and oxygen atoms in total. The van der Waals surface area contributed by atoms with E-state index in [1.165, 1.54) is 26.2 Å². The highest BCUT2D eigenvalue weighted by molar-refractivity contribution is 6.04. The summed E-state index contributed by atoms with van der Waals surface area (Å²) in [7, 11) is 1.30. The van der Waals surface area contributed by atoms with E-state index < -0.39 is 23.3 Å². The van der Waals surface area contributed by atoms with Gasteiger partial charge in [0.25, 0.3) is 5.69 Å². The van der Waals surface area contributed by atoms with Gasteiger partial charge in [-0.3, -0.25) is 19.7 Å². The highest BCUT2D eigenvalue weighted by Crippen LogP contribution is 2.25. The van der Waals surface area contributed by atoms with Crippen LogP contribution in [-0.4, -0.2) is 41.2 Å². The van der Waals surface area contributed by atoms with E-state index in [4.69, 9.17) is 9.47 Å². The molecule has 9 heteroatoms. The predicted octanol–water partition coefficient (Wildman–Crippen LogP) is 2.79. The lowest BCUT2D eigenvalue weighted by Crippen LogP contribution is -2.16. The topological polar surface area (TPSA) is 129 Å². The minimum atomic E-state index is -0.934. The van der Waals surface area contributed by atoms with E-state index >= 15 is 0 Å². The molecule has 0 saturated carbocycles. The second kappa shape index (κ2) is 7.81. The molecule has 0 atom stereocenters. The monoisotopic (exact) mass is 374 g/mol. The molecular formula is C18H18N2O7. The summed E-state index contributed by atoms with van der Waals surface area (Å²) in [6.07, 6.45) is 0. The number of H-pyrrole nitrogens is 1. The number of ether oxygens (including phenoxy) is 2. The Bertz CT molecular complexity index is 943. The lowest BCUT2D eigenvalue weighted by Gasteiger charge is -2.08. The summed E-state index contributed by atoms with van der Waals surface area (Å²) < 4.78 is 10.00. The SMILES string of the molecule is COc1ccc([N+](=O)[O-])cc1C(=O)OCC(=O)c1[nH]c(C)c(C(C)=O)c1C. The molecular weight excluding hydrogens is 356 g/mol. The Morgan fingerprint density at radius 2 is 1.89 bits per heavy atom. The van der Waals surface area contributed by atoms with E-state index in [0.717, 1.165) is 6.07 Å². The normalized spacial score (nSPS) is 10.4. The number of esters is 1. The van der Waals surface area contributed by atoms with Crippen molar-refractivity contribution in [2.75, 3.05) is 13.7 Å². The van der Waals surface area contributed by atoms with E-state index in [1.54, 1.807) is 13.8 Å². The Hall–Kier alpha value is -3.49. The van der Waals surface area contributed by atoms with Crippen molar-refractivity contribution in [3.05, 3.63) is 56.4 Å². The number of non-ortho nitro benzene ring substituents is 1. The number of carbonyl (C=O) groups excluding carboxylic acids is 3. The molecule has 0 amide bonds. The van der Waals surface area contributed by atoms with Crippen LogP contribution in [0, 0.1) is 24.0 Å². The zero-order valence-electron chi connectivity index (χ0n) is 15.2. The summed E-state index contributed by atoms with van der Waals surface area (Å²) >= 11 is 0. The Labute approximate surface area is 154 Å². The first-order valence-corrected chi connectivity index (χ1v) is 7.90. The van der Waals surface area contributed by atoms with Gasteiger partial charge >= 0.3 is 5.97 Å². The smallest absolute Gasteiger partial charge is 0.342 e. The lowest BCUT2D eigenvalue weighted by atomic mass is 10.1. The summed E-state index contributed by atoms with van der Waals surface area (Å²) in [6.45, 7) is 4.09. The average molecular weight is 374 g/mol. The summed E-state index contributed by atoms with van der Waals surface area (Å²) in [5.74, 6) is -1.56. The number of nitrogens with one attached hydrogen (secondary N) is 1. The van der Waals surface area contributed by atoms with Gasteiger partial charge in [-0.15, -0.1) is 0 Å². The van der Waals surface area contributed by atoms with Gasteiger partial charge in [0.1, 0.15) is 11.3 Å². The number of methoxy groups -OCH3 is 1. The average Bonchev–Trinajstić information content (AvgIpc) is 2.93. The van der Waals surface area contributed by atoms with Crippen LogP contribution in [0.25, 0.3) is 0 Å². The number of nitro benzene ring substituents is 1. The molecule has 1 aromatic heterocycles. The van der Waals surface area contributed by atoms with Crippen molar-refractivity contribution in [1.82, 2.24) is 4.98 Å². The number of carbonyl (C=O) groups is 3. The van der Waals surface area contributed by atoms with Gasteiger partial charge in [0.05, 0.1) is 17.7 Å². The number of Topliss-reactive ketones (excluding diaryl/α,β-unsaturated/α-hetero) is 2. The number of hydrogen-bond acceptors (Lipinski definition) is 7. The standard InChI is InChI=1S/C18H18N2O7/c1-9-16(11(3)21)10(2)19-17(9)14(22)8-27-18(23)13-7-12(20(24)25)5-6-15(13)26-4/h5-7,19H,8H2,1-4H3. The maximum Gasteiger partial charge on any atom is 0.342 e. The Kier molecular flexibility index (Phi) is 5.74. The number of aryl methyl sites for hydroxylation is 1. The van der Waals surface area contributed by atoms with Crippen LogP contribution in [0.4, 0.5) is 5.69 Å². The first kappa shape index (κ1) is 19.8. The number of aromatic nitrogens is 1. The molecule has 1 N–H and O–H groups in total. The quantitative estimate of drug-likeness (QED) is 0.341. The maximum absolute atomic E-state index is 12.4. The maximum atomic E-state index is 12.4. The van der Waals surface area contributed by atoms with Gasteiger partial charge < -0.3 is 14.5 Å². The molecule has 1 aromatic carbocycles. The third-order valence-corrected chi connectivity index (χ3v) is 4.02. The van der Waals surface area contributed by atoms with Gasteiger partial charge in [0, 0.05) is 23.4 Å². The van der Waals surface area contributed by atoms with Crippen molar-refractivity contribution >= 4 is 23.2 Å². The fourth-order valence-corrected chi connectivity index (χ4v) is 2.81. The largest absolute Gasteiger partial charge is 0.496 e. The van der Waals surface area contributed by atoms with Crippen LogP contribution in [0.15, 0.2) is 18.2 Å². The molecule has 0 bridgehead atoms. The third-order valence-electron chi connectivity index (χ3n) is 4.02. The van der Waals surface area contributed by atoms with Crippen molar-refractivity contribution in [3.8, 4) is 5.75 Å². The van der Waals surface area contributed by atoms with E-state index in [2.05, 4.69) is 4.98 Å². The number of hydrogen-bond donors (Lipinski definition) is 1. The van der Waals surface area contributed by atoms with Crippen LogP contribution >= 0.6 is 0 Å². The number of aromatic amines is 1. The molecule has 0 aliphatic carbocycles. The molecule has 2 aromatic rings. The van der Waals surface area contributed by atoms with Crippen LogP contribution < -0.4 is 4.74 Å². The van der Waals surface area contributed by atoms with Gasteiger partial charge in [0.15, 0.2) is 12.4 Å². The number of ketones is 2. The second-order valence-corrected chi connectivity index (χ2v) is 5.82. The van der Waals surface area contributed by atoms with Crippen molar-refractivity contribution in [3.63, 3.8) is 0 Å². The fourth-order valence-electron chi connectivity index (χ4n) is 2.81. The first-order chi connectivity index (χ1) is 12.7. The Morgan fingerprint density at radius 3 is 2.41 bits per heavy atom. The third kappa shape index (κ3) is 4.02. The van der Waals surface area contributed by atoms with Gasteiger partial charge in [-0.2, -0.15) is 0 Å². The van der Waals surface area contributed by atoms with Gasteiger partial charge in [-0.05, 0) is 32.4 Å². The van der Waals surface area contributed by atoms with Crippen molar-refractivity contribution in [2.24, 2.45) is 0 Å². The van der Waals surface area contributed by atoms with E-state index in [0.29, 0.717) is 16.8 Å². The Morgan fingerprint density at radius 1 is 1.22 bits per heavy atom. The molecule has 27 heavy (non-hydrogen) atoms. The molecule has 2 rings (SSSR count). The highest BCUT2D eigenvalue weighted by Gasteiger charge is 2.23. The summed E-state index contributed by atoms with van der Waals surface area (Å²) in [5.41, 5.74) is 1.16. The van der Waals surface area contributed by atoms with E-state index in [-0.39, 0.29) is 28.5 Å².